The van der Waals surface area contributed by atoms with Gasteiger partial charge in [-0.1, -0.05) is 43.1 Å². The number of amides is 1. The highest BCUT2D eigenvalue weighted by molar-refractivity contribution is 6.35. The van der Waals surface area contributed by atoms with Crippen molar-refractivity contribution in [3.8, 4) is 0 Å². The fourth-order valence-corrected chi connectivity index (χ4v) is 4.20. The van der Waals surface area contributed by atoms with Crippen LogP contribution in [0.4, 0.5) is 5.69 Å². The van der Waals surface area contributed by atoms with E-state index in [1.165, 1.54) is 16.8 Å². The van der Waals surface area contributed by atoms with Gasteiger partial charge in [0.25, 0.3) is 5.91 Å². The number of nitrogens with zero attached hydrogens (tertiary/aromatic N) is 2. The molecule has 0 heterocycles. The molecular formula is C24H32Cl2N2O. The topological polar surface area (TPSA) is 23.6 Å². The number of carbonyl (C=O) groups excluding carboxylic acids is 1. The van der Waals surface area contributed by atoms with Gasteiger partial charge in [0.1, 0.15) is 0 Å². The quantitative estimate of drug-likeness (QED) is 0.463. The van der Waals surface area contributed by atoms with Crippen LogP contribution in [-0.4, -0.2) is 38.0 Å². The maximum atomic E-state index is 12.8. The highest BCUT2D eigenvalue weighted by Crippen LogP contribution is 2.32. The van der Waals surface area contributed by atoms with Gasteiger partial charge < -0.3 is 9.80 Å². The lowest BCUT2D eigenvalue weighted by Crippen LogP contribution is -2.29. The molecule has 2 aromatic carbocycles. The zero-order valence-electron chi connectivity index (χ0n) is 18.3. The van der Waals surface area contributed by atoms with Crippen molar-refractivity contribution >= 4 is 34.8 Å². The number of hydrogen-bond donors (Lipinski definition) is 0. The highest BCUT2D eigenvalue weighted by Gasteiger charge is 2.21. The normalized spacial score (nSPS) is 12.2. The maximum absolute atomic E-state index is 12.8. The van der Waals surface area contributed by atoms with Gasteiger partial charge in [-0.3, -0.25) is 4.79 Å². The van der Waals surface area contributed by atoms with Gasteiger partial charge in [-0.2, -0.15) is 0 Å². The Balaban J connectivity index is 2.14. The lowest BCUT2D eigenvalue weighted by atomic mass is 9.83. The Morgan fingerprint density at radius 3 is 2.17 bits per heavy atom. The molecule has 0 spiro atoms. The van der Waals surface area contributed by atoms with Crippen LogP contribution in [0, 0.1) is 12.8 Å². The number of carbonyl (C=O) groups is 1. The summed E-state index contributed by atoms with van der Waals surface area (Å²) in [5.41, 5.74) is 4.42. The van der Waals surface area contributed by atoms with Gasteiger partial charge in [0.15, 0.2) is 0 Å². The zero-order chi connectivity index (χ0) is 21.7. The van der Waals surface area contributed by atoms with Crippen molar-refractivity contribution in [2.24, 2.45) is 5.92 Å². The predicted molar refractivity (Wildman–Crippen MR) is 126 cm³/mol. The van der Waals surface area contributed by atoms with E-state index >= 15 is 0 Å². The van der Waals surface area contributed by atoms with Crippen LogP contribution < -0.4 is 4.90 Å². The van der Waals surface area contributed by atoms with E-state index in [2.05, 4.69) is 57.8 Å². The van der Waals surface area contributed by atoms with Crippen molar-refractivity contribution in [1.82, 2.24) is 4.90 Å². The van der Waals surface area contributed by atoms with Crippen LogP contribution in [-0.2, 0) is 0 Å². The van der Waals surface area contributed by atoms with E-state index in [-0.39, 0.29) is 5.91 Å². The van der Waals surface area contributed by atoms with Crippen LogP contribution in [0.15, 0.2) is 36.4 Å². The molecule has 29 heavy (non-hydrogen) atoms. The van der Waals surface area contributed by atoms with Gasteiger partial charge >= 0.3 is 0 Å². The second-order valence-corrected chi connectivity index (χ2v) is 8.95. The van der Waals surface area contributed by atoms with Gasteiger partial charge in [-0.05, 0) is 73.6 Å². The number of hydrogen-bond acceptors (Lipinski definition) is 2. The van der Waals surface area contributed by atoms with Crippen molar-refractivity contribution in [2.45, 2.75) is 40.0 Å². The van der Waals surface area contributed by atoms with E-state index in [4.69, 9.17) is 23.2 Å². The molecular weight excluding hydrogens is 403 g/mol. The lowest BCUT2D eigenvalue weighted by molar-refractivity contribution is 0.0788. The first-order chi connectivity index (χ1) is 13.6. The second kappa shape index (κ2) is 10.4. The van der Waals surface area contributed by atoms with Crippen molar-refractivity contribution < 1.29 is 4.79 Å². The molecule has 0 fully saturated rings. The molecule has 3 nitrogen and oxygen atoms in total. The Kier molecular flexibility index (Phi) is 8.42. The Morgan fingerprint density at radius 2 is 1.66 bits per heavy atom. The summed E-state index contributed by atoms with van der Waals surface area (Å²) >= 11 is 12.1. The second-order valence-electron chi connectivity index (χ2n) is 8.08. The molecule has 0 radical (unpaired) electrons. The predicted octanol–water partition coefficient (Wildman–Crippen LogP) is 6.66. The monoisotopic (exact) mass is 434 g/mol. The molecule has 0 saturated carbocycles. The van der Waals surface area contributed by atoms with Gasteiger partial charge in [-0.15, -0.1) is 0 Å². The number of halogens is 2. The van der Waals surface area contributed by atoms with Crippen LogP contribution in [0.25, 0.3) is 0 Å². The summed E-state index contributed by atoms with van der Waals surface area (Å²) in [6, 6.07) is 11.7. The molecule has 1 atom stereocenters. The van der Waals surface area contributed by atoms with E-state index in [0.717, 1.165) is 13.0 Å². The van der Waals surface area contributed by atoms with Crippen molar-refractivity contribution in [1.29, 1.82) is 0 Å². The summed E-state index contributed by atoms with van der Waals surface area (Å²) < 4.78 is 0. The fourth-order valence-electron chi connectivity index (χ4n) is 3.68. The molecule has 0 bridgehead atoms. The van der Waals surface area contributed by atoms with E-state index in [9.17, 15) is 4.79 Å². The number of aryl methyl sites for hydroxylation is 1. The van der Waals surface area contributed by atoms with E-state index < -0.39 is 0 Å². The average molecular weight is 435 g/mol. The summed E-state index contributed by atoms with van der Waals surface area (Å²) in [5, 5.41) is 0.948. The summed E-state index contributed by atoms with van der Waals surface area (Å²) in [5.74, 6) is 0.801. The Morgan fingerprint density at radius 1 is 1.03 bits per heavy atom. The highest BCUT2D eigenvalue weighted by atomic mass is 35.5. The molecule has 0 aromatic heterocycles. The first-order valence-corrected chi connectivity index (χ1v) is 10.9. The van der Waals surface area contributed by atoms with Crippen LogP contribution in [0.2, 0.25) is 10.0 Å². The molecule has 0 N–H and O–H groups in total. The molecule has 2 aromatic rings. The molecule has 0 saturated heterocycles. The summed E-state index contributed by atoms with van der Waals surface area (Å²) in [7, 11) is 3.94. The summed E-state index contributed by atoms with van der Waals surface area (Å²) in [6.07, 6.45) is 0.901. The summed E-state index contributed by atoms with van der Waals surface area (Å²) in [6.45, 7) is 10.5. The van der Waals surface area contributed by atoms with E-state index in [1.807, 2.05) is 7.05 Å². The lowest BCUT2D eigenvalue weighted by Gasteiger charge is -2.27. The minimum Gasteiger partial charge on any atom is -0.375 e. The molecule has 2 rings (SSSR count). The Bertz CT molecular complexity index is 831. The smallest absolute Gasteiger partial charge is 0.253 e. The molecule has 0 aliphatic heterocycles. The van der Waals surface area contributed by atoms with Gasteiger partial charge in [-0.25, -0.2) is 0 Å². The van der Waals surface area contributed by atoms with Crippen LogP contribution >= 0.6 is 23.2 Å². The molecule has 0 aliphatic carbocycles. The van der Waals surface area contributed by atoms with Crippen molar-refractivity contribution in [3.05, 3.63) is 63.1 Å². The van der Waals surface area contributed by atoms with Gasteiger partial charge in [0, 0.05) is 48.5 Å². The minimum absolute atomic E-state index is 0.0615. The third-order valence-corrected chi connectivity index (χ3v) is 6.04. The number of rotatable bonds is 8. The standard InChI is InChI=1S/C24H32Cl2N2O/c1-7-27(5)21-8-9-23(17(4)12-21)22(16(2)3)10-11-28(6)24(29)18-13-19(25)15-20(26)14-18/h8-9,12-16,22H,7,10-11H2,1-6H3. The third kappa shape index (κ3) is 6.13. The largest absolute Gasteiger partial charge is 0.375 e. The van der Waals surface area contributed by atoms with Crippen molar-refractivity contribution in [2.75, 3.05) is 32.1 Å². The van der Waals surface area contributed by atoms with Gasteiger partial charge in [0.2, 0.25) is 0 Å². The third-order valence-electron chi connectivity index (χ3n) is 5.60. The molecule has 1 unspecified atom stereocenters. The summed E-state index contributed by atoms with van der Waals surface area (Å²) in [4.78, 5) is 16.8. The fraction of sp³-hybridized carbons (Fsp3) is 0.458. The van der Waals surface area contributed by atoms with Crippen LogP contribution in [0.5, 0.6) is 0 Å². The molecule has 1 amide bonds. The van der Waals surface area contributed by atoms with E-state index in [1.54, 1.807) is 23.1 Å². The number of anilines is 1. The van der Waals surface area contributed by atoms with Crippen molar-refractivity contribution in [3.63, 3.8) is 0 Å². The van der Waals surface area contributed by atoms with Crippen LogP contribution in [0.1, 0.15) is 54.6 Å². The maximum Gasteiger partial charge on any atom is 0.253 e. The average Bonchev–Trinajstić information content (AvgIpc) is 2.66. The minimum atomic E-state index is -0.0615. The Hall–Kier alpha value is -1.71. The van der Waals surface area contributed by atoms with Crippen LogP contribution in [0.3, 0.4) is 0 Å². The number of benzene rings is 2. The van der Waals surface area contributed by atoms with E-state index in [0.29, 0.717) is 34.0 Å². The molecule has 0 aliphatic rings. The van der Waals surface area contributed by atoms with Gasteiger partial charge in [0.05, 0.1) is 0 Å². The molecule has 158 valence electrons. The zero-order valence-corrected chi connectivity index (χ0v) is 19.8. The first kappa shape index (κ1) is 23.6. The SMILES string of the molecule is CCN(C)c1ccc(C(CCN(C)C(=O)c2cc(Cl)cc(Cl)c2)C(C)C)c(C)c1. The molecule has 5 heteroatoms. The Labute approximate surface area is 185 Å². The first-order valence-electron chi connectivity index (χ1n) is 10.2.